The van der Waals surface area contributed by atoms with Crippen molar-refractivity contribution in [2.24, 2.45) is 0 Å². The van der Waals surface area contributed by atoms with Crippen molar-refractivity contribution in [1.29, 1.82) is 0 Å². The summed E-state index contributed by atoms with van der Waals surface area (Å²) in [4.78, 5) is 9.82. The van der Waals surface area contributed by atoms with Crippen molar-refractivity contribution in [3.8, 4) is 0 Å². The average molecular weight is 221 g/mol. The molecule has 0 heterocycles. The third-order valence-corrected chi connectivity index (χ3v) is 4.28. The van der Waals surface area contributed by atoms with Crippen LogP contribution in [0, 0.1) is 0 Å². The van der Waals surface area contributed by atoms with Crippen LogP contribution in [0.3, 0.4) is 0 Å². The first-order chi connectivity index (χ1) is 5.43. The summed E-state index contributed by atoms with van der Waals surface area (Å²) in [6.45, 7) is 3.58. The molecular weight excluding hydrogens is 211 g/mol. The first-order valence-corrected chi connectivity index (χ1v) is 7.30. The smallest absolute Gasteiger partial charge is 0.216 e. The van der Waals surface area contributed by atoms with Gasteiger partial charge < -0.3 is 4.80 Å². The van der Waals surface area contributed by atoms with E-state index in [2.05, 4.69) is 0 Å². The van der Waals surface area contributed by atoms with E-state index in [-0.39, 0.29) is 0 Å². The van der Waals surface area contributed by atoms with Gasteiger partial charge in [0.05, 0.1) is 0 Å². The van der Waals surface area contributed by atoms with Crippen LogP contribution in [0.4, 0.5) is 0 Å². The van der Waals surface area contributed by atoms with E-state index < -0.39 is 8.32 Å². The third-order valence-electron chi connectivity index (χ3n) is 1.57. The molecule has 0 aliphatic rings. The molecule has 66 valence electrons. The van der Waals surface area contributed by atoms with Crippen LogP contribution >= 0.6 is 23.2 Å². The molecule has 0 amide bonds. The van der Waals surface area contributed by atoms with Crippen molar-refractivity contribution in [1.82, 2.24) is 0 Å². The predicted molar refractivity (Wildman–Crippen MR) is 55.8 cm³/mol. The molecular formula is C8H10Cl2OSi. The zero-order chi connectivity index (χ0) is 9.35. The monoisotopic (exact) mass is 220 g/mol. The lowest BCUT2D eigenvalue weighted by atomic mass is 10.4. The minimum absolute atomic E-state index is 0.557. The van der Waals surface area contributed by atoms with Gasteiger partial charge in [0.2, 0.25) is 8.32 Å². The Hall–Kier alpha value is -0.0231. The molecule has 0 saturated carbocycles. The Bertz CT molecular complexity index is 273. The second-order valence-corrected chi connectivity index (χ2v) is 7.59. The number of rotatable bonds is 1. The fraction of sp³-hybridized carbons (Fsp3) is 0.250. The summed E-state index contributed by atoms with van der Waals surface area (Å²) in [5, 5.41) is 1.83. The minimum Gasteiger partial charge on any atom is -0.428 e. The Morgan fingerprint density at radius 1 is 1.17 bits per heavy atom. The Morgan fingerprint density at radius 3 is 1.83 bits per heavy atom. The lowest BCUT2D eigenvalue weighted by Gasteiger charge is -2.17. The van der Waals surface area contributed by atoms with Crippen LogP contribution < -0.4 is 5.19 Å². The first kappa shape index (κ1) is 10.1. The lowest BCUT2D eigenvalue weighted by molar-refractivity contribution is 0.568. The molecule has 0 aromatic heterocycles. The number of benzene rings is 1. The molecule has 0 atom stereocenters. The quantitative estimate of drug-likeness (QED) is 0.722. The van der Waals surface area contributed by atoms with Crippen molar-refractivity contribution >= 4 is 36.7 Å². The fourth-order valence-corrected chi connectivity index (χ4v) is 4.20. The molecule has 0 bridgehead atoms. The number of halogens is 2. The maximum absolute atomic E-state index is 9.82. The zero-order valence-corrected chi connectivity index (χ0v) is 9.45. The van der Waals surface area contributed by atoms with Gasteiger partial charge in [0.1, 0.15) is 0 Å². The summed E-state index contributed by atoms with van der Waals surface area (Å²) >= 11 is 11.8. The summed E-state index contributed by atoms with van der Waals surface area (Å²) in [6, 6.07) is 5.26. The fourth-order valence-electron chi connectivity index (χ4n) is 1.08. The summed E-state index contributed by atoms with van der Waals surface area (Å²) in [5.74, 6) is 0. The van der Waals surface area contributed by atoms with Gasteiger partial charge in [-0.25, -0.2) is 0 Å². The molecule has 12 heavy (non-hydrogen) atoms. The van der Waals surface area contributed by atoms with Crippen molar-refractivity contribution in [2.45, 2.75) is 13.1 Å². The van der Waals surface area contributed by atoms with Crippen molar-refractivity contribution < 1.29 is 4.80 Å². The predicted octanol–water partition coefficient (Wildman–Crippen LogP) is 2.40. The van der Waals surface area contributed by atoms with Crippen LogP contribution in [0.2, 0.25) is 23.1 Å². The van der Waals surface area contributed by atoms with E-state index >= 15 is 0 Å². The normalized spacial score (nSPS) is 11.8. The lowest BCUT2D eigenvalue weighted by Crippen LogP contribution is -2.42. The van der Waals surface area contributed by atoms with E-state index in [4.69, 9.17) is 23.2 Å². The van der Waals surface area contributed by atoms with Crippen LogP contribution in [-0.2, 0) is 0 Å². The Labute approximate surface area is 83.1 Å². The molecule has 0 spiro atoms. The Kier molecular flexibility index (Phi) is 2.83. The summed E-state index contributed by atoms with van der Waals surface area (Å²) in [7, 11) is -2.39. The highest BCUT2D eigenvalue weighted by Crippen LogP contribution is 2.17. The third kappa shape index (κ3) is 2.01. The second-order valence-electron chi connectivity index (χ2n) is 3.16. The maximum Gasteiger partial charge on any atom is 0.216 e. The topological polar surface area (TPSA) is 20.2 Å². The summed E-state index contributed by atoms with van der Waals surface area (Å²) in [5.41, 5.74) is 0. The van der Waals surface area contributed by atoms with Crippen LogP contribution in [0.5, 0.6) is 0 Å². The zero-order valence-electron chi connectivity index (χ0n) is 6.94. The molecule has 0 radical (unpaired) electrons. The molecule has 1 aromatic carbocycles. The number of hydrogen-bond donors (Lipinski definition) is 1. The van der Waals surface area contributed by atoms with E-state index in [9.17, 15) is 4.80 Å². The minimum atomic E-state index is -2.39. The van der Waals surface area contributed by atoms with Gasteiger partial charge in [0.15, 0.2) is 0 Å². The van der Waals surface area contributed by atoms with E-state index in [0.29, 0.717) is 15.2 Å². The largest absolute Gasteiger partial charge is 0.428 e. The van der Waals surface area contributed by atoms with E-state index in [0.717, 1.165) is 0 Å². The molecule has 1 rings (SSSR count). The molecule has 0 aliphatic heterocycles. The van der Waals surface area contributed by atoms with Crippen LogP contribution in [0.15, 0.2) is 18.2 Å². The van der Waals surface area contributed by atoms with Crippen molar-refractivity contribution in [2.75, 3.05) is 0 Å². The van der Waals surface area contributed by atoms with Crippen LogP contribution in [-0.4, -0.2) is 13.1 Å². The highest BCUT2D eigenvalue weighted by Gasteiger charge is 2.25. The molecule has 4 heteroatoms. The standard InChI is InChI=1S/C8H10Cl2OSi/c1-12(2,11)8-6(9)4-3-5-7(8)10/h3-5,11H,1-2H3. The van der Waals surface area contributed by atoms with Gasteiger partial charge in [-0.15, -0.1) is 0 Å². The maximum atomic E-state index is 9.82. The molecule has 1 N–H and O–H groups in total. The van der Waals surface area contributed by atoms with Gasteiger partial charge in [-0.3, -0.25) is 0 Å². The highest BCUT2D eigenvalue weighted by atomic mass is 35.5. The molecule has 0 saturated heterocycles. The molecule has 0 unspecified atom stereocenters. The Balaban J connectivity index is 3.31. The van der Waals surface area contributed by atoms with Gasteiger partial charge in [-0.05, 0) is 25.2 Å². The molecule has 1 aromatic rings. The van der Waals surface area contributed by atoms with Crippen LogP contribution in [0.1, 0.15) is 0 Å². The molecule has 0 aliphatic carbocycles. The van der Waals surface area contributed by atoms with Gasteiger partial charge in [-0.1, -0.05) is 29.3 Å². The average Bonchev–Trinajstić information content (AvgIpc) is 1.82. The van der Waals surface area contributed by atoms with Gasteiger partial charge >= 0.3 is 0 Å². The highest BCUT2D eigenvalue weighted by molar-refractivity contribution is 6.86. The van der Waals surface area contributed by atoms with Crippen molar-refractivity contribution in [3.63, 3.8) is 0 Å². The Morgan fingerprint density at radius 2 is 1.58 bits per heavy atom. The van der Waals surface area contributed by atoms with Crippen molar-refractivity contribution in [3.05, 3.63) is 28.2 Å². The SMILES string of the molecule is C[Si](C)(O)c1c(Cl)cccc1Cl. The van der Waals surface area contributed by atoms with Gasteiger partial charge in [0.25, 0.3) is 0 Å². The molecule has 1 nitrogen and oxygen atoms in total. The summed E-state index contributed by atoms with van der Waals surface area (Å²) in [6.07, 6.45) is 0. The number of hydrogen-bond acceptors (Lipinski definition) is 1. The second kappa shape index (κ2) is 3.38. The van der Waals surface area contributed by atoms with Gasteiger partial charge in [0, 0.05) is 15.2 Å². The summed E-state index contributed by atoms with van der Waals surface area (Å²) < 4.78 is 0. The van der Waals surface area contributed by atoms with E-state index in [1.54, 1.807) is 31.3 Å². The molecule has 0 fully saturated rings. The van der Waals surface area contributed by atoms with Gasteiger partial charge in [-0.2, -0.15) is 0 Å². The first-order valence-electron chi connectivity index (χ1n) is 3.60. The van der Waals surface area contributed by atoms with Crippen LogP contribution in [0.25, 0.3) is 0 Å². The van der Waals surface area contributed by atoms with E-state index in [1.165, 1.54) is 0 Å². The van der Waals surface area contributed by atoms with E-state index in [1.807, 2.05) is 0 Å².